The highest BCUT2D eigenvalue weighted by molar-refractivity contribution is 7.13. The van der Waals surface area contributed by atoms with Crippen LogP contribution in [-0.2, 0) is 6.54 Å². The van der Waals surface area contributed by atoms with Crippen LogP contribution < -0.4 is 5.32 Å². The van der Waals surface area contributed by atoms with Gasteiger partial charge < -0.3 is 9.84 Å². The van der Waals surface area contributed by atoms with Crippen molar-refractivity contribution in [3.63, 3.8) is 0 Å². The Morgan fingerprint density at radius 3 is 3.08 bits per heavy atom. The van der Waals surface area contributed by atoms with E-state index in [-0.39, 0.29) is 18.1 Å². The van der Waals surface area contributed by atoms with Gasteiger partial charge in [-0.2, -0.15) is 11.3 Å². The lowest BCUT2D eigenvalue weighted by Gasteiger charge is -1.98. The molecule has 0 aliphatic heterocycles. The average molecular weight is 357 g/mol. The topological polar surface area (TPSA) is 85.8 Å². The zero-order valence-corrected chi connectivity index (χ0v) is 13.9. The van der Waals surface area contributed by atoms with Crippen LogP contribution >= 0.6 is 22.7 Å². The van der Waals surface area contributed by atoms with Gasteiger partial charge in [-0.25, -0.2) is 4.68 Å². The molecule has 1 N–H and O–H groups in total. The number of aromatic nitrogens is 4. The molecule has 0 fully saturated rings. The number of nitrogens with zero attached hydrogens (tertiary/aromatic N) is 4. The number of nitrogens with one attached hydrogen (secondary N) is 1. The molecule has 1 amide bonds. The van der Waals surface area contributed by atoms with Crippen LogP contribution in [0.25, 0.3) is 16.3 Å². The second-order valence-electron chi connectivity index (χ2n) is 4.87. The van der Waals surface area contributed by atoms with E-state index in [1.54, 1.807) is 28.3 Å². The van der Waals surface area contributed by atoms with Gasteiger partial charge in [0.2, 0.25) is 0 Å². The molecule has 0 saturated carbocycles. The zero-order valence-electron chi connectivity index (χ0n) is 12.2. The molecular weight excluding hydrogens is 346 g/mol. The lowest BCUT2D eigenvalue weighted by molar-refractivity contribution is 0.0941. The molecule has 4 rings (SSSR count). The predicted octanol–water partition coefficient (Wildman–Crippen LogP) is 2.98. The van der Waals surface area contributed by atoms with Crippen molar-refractivity contribution in [2.45, 2.75) is 6.54 Å². The Balaban J connectivity index is 1.40. The summed E-state index contributed by atoms with van der Waals surface area (Å²) in [5.41, 5.74) is 1.85. The molecule has 24 heavy (non-hydrogen) atoms. The molecule has 0 saturated heterocycles. The van der Waals surface area contributed by atoms with Crippen LogP contribution in [0.4, 0.5) is 0 Å². The second-order valence-corrected chi connectivity index (χ2v) is 6.60. The van der Waals surface area contributed by atoms with Crippen molar-refractivity contribution in [2.24, 2.45) is 0 Å². The molecular formula is C15H11N5O2S2. The number of carbonyl (C=O) groups excluding carboxylic acids is 1. The van der Waals surface area contributed by atoms with Gasteiger partial charge >= 0.3 is 0 Å². The fourth-order valence-electron chi connectivity index (χ4n) is 2.07. The summed E-state index contributed by atoms with van der Waals surface area (Å²) in [7, 11) is 0. The first-order valence-electron chi connectivity index (χ1n) is 7.02. The molecule has 9 heteroatoms. The van der Waals surface area contributed by atoms with Gasteiger partial charge in [-0.15, -0.1) is 16.4 Å². The molecule has 4 heterocycles. The van der Waals surface area contributed by atoms with Gasteiger partial charge in [0, 0.05) is 11.4 Å². The molecule has 0 bridgehead atoms. The molecule has 4 aromatic rings. The van der Waals surface area contributed by atoms with E-state index < -0.39 is 0 Å². The van der Waals surface area contributed by atoms with E-state index in [0.717, 1.165) is 10.6 Å². The van der Waals surface area contributed by atoms with Gasteiger partial charge in [0.15, 0.2) is 11.5 Å². The van der Waals surface area contributed by atoms with Crippen LogP contribution in [0.3, 0.4) is 0 Å². The van der Waals surface area contributed by atoms with Gasteiger partial charge in [-0.05, 0) is 22.9 Å². The third-order valence-corrected chi connectivity index (χ3v) is 4.80. The molecule has 0 radical (unpaired) electrons. The molecule has 0 aliphatic carbocycles. The third-order valence-electron chi connectivity index (χ3n) is 3.25. The maximum absolute atomic E-state index is 12.2. The lowest BCUT2D eigenvalue weighted by Crippen LogP contribution is -2.23. The minimum absolute atomic E-state index is 0.239. The number of hydrogen-bond donors (Lipinski definition) is 1. The van der Waals surface area contributed by atoms with E-state index >= 15 is 0 Å². The first-order valence-corrected chi connectivity index (χ1v) is 8.84. The van der Waals surface area contributed by atoms with E-state index in [0.29, 0.717) is 11.5 Å². The number of carbonyl (C=O) groups is 1. The smallest absolute Gasteiger partial charge is 0.273 e. The predicted molar refractivity (Wildman–Crippen MR) is 90.2 cm³/mol. The maximum Gasteiger partial charge on any atom is 0.273 e. The summed E-state index contributed by atoms with van der Waals surface area (Å²) in [4.78, 5) is 13.1. The SMILES string of the molecule is O=C(NCc1cn(-c2ccsc2)nn1)c1cc(-c2cccs2)on1. The van der Waals surface area contributed by atoms with Gasteiger partial charge in [0.25, 0.3) is 5.91 Å². The monoisotopic (exact) mass is 357 g/mol. The summed E-state index contributed by atoms with van der Waals surface area (Å²) in [5.74, 6) is 0.269. The summed E-state index contributed by atoms with van der Waals surface area (Å²) in [6.07, 6.45) is 1.78. The van der Waals surface area contributed by atoms with Crippen molar-refractivity contribution < 1.29 is 9.32 Å². The molecule has 4 aromatic heterocycles. The average Bonchev–Trinajstić information content (AvgIpc) is 3.40. The van der Waals surface area contributed by atoms with Gasteiger partial charge in [0.1, 0.15) is 5.69 Å². The molecule has 120 valence electrons. The van der Waals surface area contributed by atoms with Crippen molar-refractivity contribution in [1.29, 1.82) is 0 Å². The largest absolute Gasteiger partial charge is 0.355 e. The normalized spacial score (nSPS) is 10.8. The van der Waals surface area contributed by atoms with Gasteiger partial charge in [-0.1, -0.05) is 16.4 Å². The third kappa shape index (κ3) is 2.99. The number of hydrogen-bond acceptors (Lipinski definition) is 7. The molecule has 7 nitrogen and oxygen atoms in total. The lowest BCUT2D eigenvalue weighted by atomic mass is 10.3. The van der Waals surface area contributed by atoms with Crippen molar-refractivity contribution in [3.05, 3.63) is 58.0 Å². The molecule has 0 aromatic carbocycles. The minimum atomic E-state index is -0.313. The number of amides is 1. The summed E-state index contributed by atoms with van der Waals surface area (Å²) in [6, 6.07) is 7.40. The van der Waals surface area contributed by atoms with Gasteiger partial charge in [0.05, 0.1) is 23.3 Å². The van der Waals surface area contributed by atoms with Crippen LogP contribution in [0.2, 0.25) is 0 Å². The fraction of sp³-hybridized carbons (Fsp3) is 0.0667. The maximum atomic E-state index is 12.2. The second kappa shape index (κ2) is 6.38. The Labute approximate surface area is 144 Å². The van der Waals surface area contributed by atoms with Crippen molar-refractivity contribution in [2.75, 3.05) is 0 Å². The van der Waals surface area contributed by atoms with Crippen LogP contribution in [0.15, 0.2) is 51.1 Å². The van der Waals surface area contributed by atoms with Crippen molar-refractivity contribution in [3.8, 4) is 16.3 Å². The number of thiophene rings is 2. The Morgan fingerprint density at radius 1 is 1.33 bits per heavy atom. The highest BCUT2D eigenvalue weighted by atomic mass is 32.1. The first-order chi connectivity index (χ1) is 11.8. The van der Waals surface area contributed by atoms with Crippen LogP contribution in [-0.4, -0.2) is 26.1 Å². The standard InChI is InChI=1S/C15H11N5O2S2/c21-15(12-6-13(22-18-12)14-2-1-4-24-14)16-7-10-8-20(19-17-10)11-3-5-23-9-11/h1-6,8-9H,7H2,(H,16,21). The van der Waals surface area contributed by atoms with Crippen LogP contribution in [0.5, 0.6) is 0 Å². The number of rotatable bonds is 5. The Hall–Kier alpha value is -2.78. The molecule has 0 atom stereocenters. The molecule has 0 unspecified atom stereocenters. The first kappa shape index (κ1) is 14.8. The summed E-state index contributed by atoms with van der Waals surface area (Å²) in [5, 5.41) is 20.5. The fourth-order valence-corrected chi connectivity index (χ4v) is 3.37. The molecule has 0 aliphatic rings. The Morgan fingerprint density at radius 2 is 2.29 bits per heavy atom. The quantitative estimate of drug-likeness (QED) is 0.593. The van der Waals surface area contributed by atoms with E-state index in [4.69, 9.17) is 4.52 Å². The summed E-state index contributed by atoms with van der Waals surface area (Å²) in [6.45, 7) is 0.268. The Kier molecular flexibility index (Phi) is 3.93. The van der Waals surface area contributed by atoms with E-state index in [2.05, 4.69) is 20.8 Å². The van der Waals surface area contributed by atoms with E-state index in [9.17, 15) is 4.79 Å². The zero-order chi connectivity index (χ0) is 16.4. The summed E-state index contributed by atoms with van der Waals surface area (Å²) >= 11 is 3.11. The Bertz CT molecular complexity index is 941. The minimum Gasteiger partial charge on any atom is -0.355 e. The van der Waals surface area contributed by atoms with E-state index in [1.165, 1.54) is 11.3 Å². The van der Waals surface area contributed by atoms with Crippen molar-refractivity contribution >= 4 is 28.6 Å². The van der Waals surface area contributed by atoms with Crippen molar-refractivity contribution in [1.82, 2.24) is 25.5 Å². The summed E-state index contributed by atoms with van der Waals surface area (Å²) < 4.78 is 6.87. The molecule has 0 spiro atoms. The van der Waals surface area contributed by atoms with Crippen LogP contribution in [0, 0.1) is 0 Å². The highest BCUT2D eigenvalue weighted by Crippen LogP contribution is 2.25. The van der Waals surface area contributed by atoms with Gasteiger partial charge in [-0.3, -0.25) is 4.79 Å². The highest BCUT2D eigenvalue weighted by Gasteiger charge is 2.14. The van der Waals surface area contributed by atoms with Crippen LogP contribution in [0.1, 0.15) is 16.2 Å². The van der Waals surface area contributed by atoms with E-state index in [1.807, 2.05) is 34.3 Å².